The minimum absolute atomic E-state index is 0.155. The number of benzene rings is 1. The number of nitrogens with zero attached hydrogens (tertiary/aromatic N) is 4. The van der Waals surface area contributed by atoms with Crippen molar-refractivity contribution in [1.29, 1.82) is 0 Å². The molecule has 9 nitrogen and oxygen atoms in total. The zero-order valence-corrected chi connectivity index (χ0v) is 16.9. The standard InChI is InChI=1S/C18H24N6O3S/c1-11(2)13-4-6-14(7-5-13)27-10-15-21-22-18(24(15)19)28-12(3)16(25)23-9-8-20-17(23)26/h4-7,11-12H,8-10,19H2,1-3H3,(H,20,26). The van der Waals surface area contributed by atoms with E-state index in [1.54, 1.807) is 6.92 Å². The Balaban J connectivity index is 1.58. The number of aromatic nitrogens is 3. The van der Waals surface area contributed by atoms with Crippen LogP contribution in [0.5, 0.6) is 5.75 Å². The van der Waals surface area contributed by atoms with Gasteiger partial charge in [-0.15, -0.1) is 10.2 Å². The molecule has 1 aliphatic heterocycles. The molecular formula is C18H24N6O3S. The van der Waals surface area contributed by atoms with E-state index in [4.69, 9.17) is 10.6 Å². The van der Waals surface area contributed by atoms with Crippen LogP contribution >= 0.6 is 11.8 Å². The maximum Gasteiger partial charge on any atom is 0.324 e. The molecule has 10 heteroatoms. The van der Waals surface area contributed by atoms with E-state index < -0.39 is 5.25 Å². The van der Waals surface area contributed by atoms with Gasteiger partial charge in [0.25, 0.3) is 0 Å². The molecular weight excluding hydrogens is 380 g/mol. The number of imide groups is 1. The van der Waals surface area contributed by atoms with Gasteiger partial charge in [0.15, 0.2) is 5.82 Å². The van der Waals surface area contributed by atoms with Crippen LogP contribution in [0.15, 0.2) is 29.4 Å². The van der Waals surface area contributed by atoms with E-state index in [1.165, 1.54) is 15.1 Å². The highest BCUT2D eigenvalue weighted by Gasteiger charge is 2.31. The van der Waals surface area contributed by atoms with Crippen molar-refractivity contribution in [3.8, 4) is 5.75 Å². The number of nitrogens with one attached hydrogen (secondary N) is 1. The summed E-state index contributed by atoms with van der Waals surface area (Å²) in [6, 6.07) is 7.49. The highest BCUT2D eigenvalue weighted by Crippen LogP contribution is 2.24. The fourth-order valence-corrected chi connectivity index (χ4v) is 3.54. The largest absolute Gasteiger partial charge is 0.486 e. The Kier molecular flexibility index (Phi) is 6.08. The number of carbonyl (C=O) groups is 2. The minimum atomic E-state index is -0.521. The molecule has 1 fully saturated rings. The Hall–Kier alpha value is -2.75. The summed E-state index contributed by atoms with van der Waals surface area (Å²) in [5.41, 5.74) is 1.23. The van der Waals surface area contributed by atoms with Crippen molar-refractivity contribution in [2.45, 2.75) is 43.7 Å². The smallest absolute Gasteiger partial charge is 0.324 e. The van der Waals surface area contributed by atoms with Crippen molar-refractivity contribution in [3.05, 3.63) is 35.7 Å². The molecule has 3 amide bonds. The van der Waals surface area contributed by atoms with Crippen LogP contribution in [0.2, 0.25) is 0 Å². The number of hydrogen-bond acceptors (Lipinski definition) is 7. The fraction of sp³-hybridized carbons (Fsp3) is 0.444. The number of urea groups is 1. The summed E-state index contributed by atoms with van der Waals surface area (Å²) in [7, 11) is 0. The van der Waals surface area contributed by atoms with Crippen molar-refractivity contribution in [1.82, 2.24) is 25.1 Å². The average molecular weight is 404 g/mol. The summed E-state index contributed by atoms with van der Waals surface area (Å²) in [6.45, 7) is 6.96. The van der Waals surface area contributed by atoms with E-state index in [0.29, 0.717) is 35.7 Å². The molecule has 0 bridgehead atoms. The summed E-state index contributed by atoms with van der Waals surface area (Å²) in [6.07, 6.45) is 0. The van der Waals surface area contributed by atoms with E-state index >= 15 is 0 Å². The molecule has 2 heterocycles. The monoisotopic (exact) mass is 404 g/mol. The zero-order chi connectivity index (χ0) is 20.3. The number of amides is 3. The molecule has 1 atom stereocenters. The third-order valence-electron chi connectivity index (χ3n) is 4.40. The number of carbonyl (C=O) groups excluding carboxylic acids is 2. The molecule has 28 heavy (non-hydrogen) atoms. The maximum absolute atomic E-state index is 12.4. The first-order valence-electron chi connectivity index (χ1n) is 9.04. The maximum atomic E-state index is 12.4. The molecule has 0 aliphatic carbocycles. The van der Waals surface area contributed by atoms with Gasteiger partial charge in [-0.1, -0.05) is 37.7 Å². The topological polar surface area (TPSA) is 115 Å². The molecule has 1 aromatic carbocycles. The van der Waals surface area contributed by atoms with Gasteiger partial charge in [0.1, 0.15) is 12.4 Å². The van der Waals surface area contributed by atoms with E-state index in [9.17, 15) is 9.59 Å². The highest BCUT2D eigenvalue weighted by molar-refractivity contribution is 8.00. The van der Waals surface area contributed by atoms with Crippen molar-refractivity contribution in [2.24, 2.45) is 0 Å². The van der Waals surface area contributed by atoms with Crippen molar-refractivity contribution in [2.75, 3.05) is 18.9 Å². The lowest BCUT2D eigenvalue weighted by Gasteiger charge is -2.16. The summed E-state index contributed by atoms with van der Waals surface area (Å²) in [5.74, 6) is 7.37. The molecule has 3 N–H and O–H groups in total. The predicted octanol–water partition coefficient (Wildman–Crippen LogP) is 1.73. The van der Waals surface area contributed by atoms with Crippen LogP contribution < -0.4 is 15.9 Å². The first kappa shape index (κ1) is 20.0. The summed E-state index contributed by atoms with van der Waals surface area (Å²) in [4.78, 5) is 25.2. The van der Waals surface area contributed by atoms with Crippen molar-refractivity contribution >= 4 is 23.7 Å². The first-order chi connectivity index (χ1) is 13.4. The van der Waals surface area contributed by atoms with Gasteiger partial charge in [-0.05, 0) is 30.5 Å². The first-order valence-corrected chi connectivity index (χ1v) is 9.92. The molecule has 150 valence electrons. The third-order valence-corrected chi connectivity index (χ3v) is 5.45. The van der Waals surface area contributed by atoms with Gasteiger partial charge in [-0.3, -0.25) is 9.69 Å². The molecule has 0 spiro atoms. The second kappa shape index (κ2) is 8.51. The van der Waals surface area contributed by atoms with Crippen LogP contribution in [0.1, 0.15) is 38.1 Å². The number of rotatable bonds is 7. The SMILES string of the molecule is CC(Sc1nnc(COc2ccc(C(C)C)cc2)n1N)C(=O)N1CCNC1=O. The van der Waals surface area contributed by atoms with Crippen molar-refractivity contribution in [3.63, 3.8) is 0 Å². The van der Waals surface area contributed by atoms with Crippen LogP contribution in [0.3, 0.4) is 0 Å². The number of nitrogen functional groups attached to an aromatic ring is 1. The van der Waals surface area contributed by atoms with Gasteiger partial charge in [0.2, 0.25) is 11.1 Å². The van der Waals surface area contributed by atoms with Gasteiger partial charge in [-0.25, -0.2) is 9.47 Å². The Morgan fingerprint density at radius 1 is 1.29 bits per heavy atom. The van der Waals surface area contributed by atoms with Gasteiger partial charge in [0.05, 0.1) is 5.25 Å². The highest BCUT2D eigenvalue weighted by atomic mass is 32.2. The lowest BCUT2D eigenvalue weighted by Crippen LogP contribution is -2.39. The molecule has 1 unspecified atom stereocenters. The molecule has 2 aromatic rings. The van der Waals surface area contributed by atoms with Crippen LogP contribution in [0.25, 0.3) is 0 Å². The van der Waals surface area contributed by atoms with E-state index in [0.717, 1.165) is 11.8 Å². The molecule has 3 rings (SSSR count). The zero-order valence-electron chi connectivity index (χ0n) is 16.1. The summed E-state index contributed by atoms with van der Waals surface area (Å²) in [5, 5.41) is 10.5. The van der Waals surface area contributed by atoms with Crippen LogP contribution in [-0.2, 0) is 11.4 Å². The molecule has 0 saturated carbocycles. The lowest BCUT2D eigenvalue weighted by molar-refractivity contribution is -0.126. The van der Waals surface area contributed by atoms with E-state index in [2.05, 4.69) is 29.4 Å². The second-order valence-corrected chi connectivity index (χ2v) is 8.07. The van der Waals surface area contributed by atoms with Gasteiger partial charge in [0, 0.05) is 13.1 Å². The quantitative estimate of drug-likeness (QED) is 0.533. The molecule has 0 radical (unpaired) electrons. The van der Waals surface area contributed by atoms with E-state index in [1.807, 2.05) is 24.3 Å². The average Bonchev–Trinajstić information content (AvgIpc) is 3.26. The van der Waals surface area contributed by atoms with Crippen LogP contribution in [0, 0.1) is 0 Å². The number of ether oxygens (including phenoxy) is 1. The third kappa shape index (κ3) is 4.38. The van der Waals surface area contributed by atoms with E-state index in [-0.39, 0.29) is 18.5 Å². The Bertz CT molecular complexity index is 852. The van der Waals surface area contributed by atoms with Crippen LogP contribution in [0.4, 0.5) is 4.79 Å². The molecule has 1 aliphatic rings. The Morgan fingerprint density at radius 3 is 2.61 bits per heavy atom. The van der Waals surface area contributed by atoms with Gasteiger partial charge >= 0.3 is 6.03 Å². The molecule has 1 saturated heterocycles. The number of thioether (sulfide) groups is 1. The normalized spacial score (nSPS) is 15.0. The summed E-state index contributed by atoms with van der Waals surface area (Å²) >= 11 is 1.15. The Labute approximate surface area is 167 Å². The number of nitrogens with two attached hydrogens (primary N) is 1. The molecule has 1 aromatic heterocycles. The van der Waals surface area contributed by atoms with Gasteiger partial charge in [-0.2, -0.15) is 0 Å². The predicted molar refractivity (Wildman–Crippen MR) is 105 cm³/mol. The summed E-state index contributed by atoms with van der Waals surface area (Å²) < 4.78 is 7.03. The second-order valence-electron chi connectivity index (χ2n) is 6.76. The Morgan fingerprint density at radius 2 is 2.00 bits per heavy atom. The van der Waals surface area contributed by atoms with Crippen molar-refractivity contribution < 1.29 is 14.3 Å². The fourth-order valence-electron chi connectivity index (χ4n) is 2.69. The minimum Gasteiger partial charge on any atom is -0.486 e. The number of hydrogen-bond donors (Lipinski definition) is 2. The van der Waals surface area contributed by atoms with Crippen LogP contribution in [-0.4, -0.2) is 50.1 Å². The lowest BCUT2D eigenvalue weighted by atomic mass is 10.0. The van der Waals surface area contributed by atoms with Gasteiger partial charge < -0.3 is 15.9 Å².